The van der Waals surface area contributed by atoms with E-state index >= 15 is 0 Å². The van der Waals surface area contributed by atoms with Crippen molar-refractivity contribution >= 4 is 19.8 Å². The SMILES string of the molecule is CCCCCCCC/C=C\CCCCCCCC(=O)OCC(COP(=O)(O)OCCN)OC(=O)CCCCCCCCCCCCCCCCCCCCCCCCCCC/C=C\CCCCCCCCCC. The second kappa shape index (κ2) is 59.7. The lowest BCUT2D eigenvalue weighted by Gasteiger charge is -2.19. The second-order valence-electron chi connectivity index (χ2n) is 21.6. The van der Waals surface area contributed by atoms with E-state index in [1.807, 2.05) is 0 Å². The molecule has 2 atom stereocenters. The van der Waals surface area contributed by atoms with Gasteiger partial charge < -0.3 is 20.1 Å². The summed E-state index contributed by atoms with van der Waals surface area (Å²) in [6.07, 6.45) is 71.4. The molecule has 0 spiro atoms. The lowest BCUT2D eigenvalue weighted by atomic mass is 10.0. The number of carbonyl (C=O) groups excluding carboxylic acids is 2. The van der Waals surface area contributed by atoms with Gasteiger partial charge in [0.25, 0.3) is 0 Å². The first-order chi connectivity index (χ1) is 35.8. The molecule has 0 rings (SSSR count). The number of esters is 2. The summed E-state index contributed by atoms with van der Waals surface area (Å²) in [6.45, 7) is 3.78. The largest absolute Gasteiger partial charge is 0.472 e. The van der Waals surface area contributed by atoms with Gasteiger partial charge in [0.1, 0.15) is 6.61 Å². The molecule has 0 aromatic carbocycles. The van der Waals surface area contributed by atoms with Crippen molar-refractivity contribution in [3.05, 3.63) is 24.3 Å². The van der Waals surface area contributed by atoms with Gasteiger partial charge in [0.05, 0.1) is 13.2 Å². The Morgan fingerprint density at radius 3 is 0.973 bits per heavy atom. The van der Waals surface area contributed by atoms with Crippen molar-refractivity contribution in [2.24, 2.45) is 5.73 Å². The van der Waals surface area contributed by atoms with E-state index in [1.54, 1.807) is 0 Å². The molecule has 432 valence electrons. The summed E-state index contributed by atoms with van der Waals surface area (Å²) in [6, 6.07) is 0. The van der Waals surface area contributed by atoms with E-state index in [1.165, 1.54) is 250 Å². The second-order valence-corrected chi connectivity index (χ2v) is 23.1. The summed E-state index contributed by atoms with van der Waals surface area (Å²) in [7, 11) is -4.38. The molecule has 73 heavy (non-hydrogen) atoms. The van der Waals surface area contributed by atoms with E-state index in [4.69, 9.17) is 24.3 Å². The van der Waals surface area contributed by atoms with Crippen LogP contribution in [0.2, 0.25) is 0 Å². The predicted molar refractivity (Wildman–Crippen MR) is 312 cm³/mol. The summed E-state index contributed by atoms with van der Waals surface area (Å²) in [5.41, 5.74) is 5.38. The van der Waals surface area contributed by atoms with Gasteiger partial charge >= 0.3 is 19.8 Å². The topological polar surface area (TPSA) is 134 Å². The van der Waals surface area contributed by atoms with Crippen LogP contribution in [0, 0.1) is 0 Å². The molecule has 0 aromatic heterocycles. The first-order valence-corrected chi connectivity index (χ1v) is 33.3. The fraction of sp³-hybridized carbons (Fsp3) is 0.905. The maximum absolute atomic E-state index is 12.7. The molecule has 0 heterocycles. The van der Waals surface area contributed by atoms with Gasteiger partial charge in [-0.2, -0.15) is 0 Å². The van der Waals surface area contributed by atoms with E-state index in [9.17, 15) is 19.0 Å². The normalized spacial score (nSPS) is 13.1. The third-order valence-corrected chi connectivity index (χ3v) is 15.3. The van der Waals surface area contributed by atoms with Gasteiger partial charge in [-0.15, -0.1) is 0 Å². The van der Waals surface area contributed by atoms with Crippen LogP contribution in [-0.2, 0) is 32.7 Å². The van der Waals surface area contributed by atoms with E-state index in [0.29, 0.717) is 6.42 Å². The van der Waals surface area contributed by atoms with Crippen molar-refractivity contribution in [1.82, 2.24) is 0 Å². The Morgan fingerprint density at radius 2 is 0.671 bits per heavy atom. The summed E-state index contributed by atoms with van der Waals surface area (Å²) in [4.78, 5) is 35.1. The zero-order valence-corrected chi connectivity index (χ0v) is 49.3. The van der Waals surface area contributed by atoms with Gasteiger partial charge in [-0.3, -0.25) is 18.6 Å². The van der Waals surface area contributed by atoms with E-state index < -0.39 is 26.5 Å². The summed E-state index contributed by atoms with van der Waals surface area (Å²) < 4.78 is 33.0. The zero-order valence-electron chi connectivity index (χ0n) is 48.4. The van der Waals surface area contributed by atoms with Crippen LogP contribution in [0.25, 0.3) is 0 Å². The Labute approximate surface area is 452 Å². The molecular weight excluding hydrogens is 930 g/mol. The van der Waals surface area contributed by atoms with Crippen LogP contribution in [0.15, 0.2) is 24.3 Å². The maximum atomic E-state index is 12.7. The Bertz CT molecular complexity index is 1250. The van der Waals surface area contributed by atoms with E-state index in [-0.39, 0.29) is 38.6 Å². The molecule has 0 saturated heterocycles. The monoisotopic (exact) mass is 1050 g/mol. The van der Waals surface area contributed by atoms with Gasteiger partial charge in [0.2, 0.25) is 0 Å². The molecule has 0 aromatic rings. The van der Waals surface area contributed by atoms with Gasteiger partial charge in [0.15, 0.2) is 6.10 Å². The van der Waals surface area contributed by atoms with Crippen LogP contribution < -0.4 is 5.73 Å². The number of ether oxygens (including phenoxy) is 2. The van der Waals surface area contributed by atoms with Gasteiger partial charge in [0, 0.05) is 19.4 Å². The number of unbranched alkanes of at least 4 members (excludes halogenated alkanes) is 44. The number of allylic oxidation sites excluding steroid dienone is 4. The van der Waals surface area contributed by atoms with Crippen LogP contribution in [0.4, 0.5) is 0 Å². The number of hydrogen-bond acceptors (Lipinski definition) is 8. The third kappa shape index (κ3) is 59.6. The third-order valence-electron chi connectivity index (χ3n) is 14.3. The molecule has 2 unspecified atom stereocenters. The summed E-state index contributed by atoms with van der Waals surface area (Å²) in [5, 5.41) is 0. The smallest absolute Gasteiger partial charge is 0.462 e. The van der Waals surface area contributed by atoms with Crippen LogP contribution in [0.3, 0.4) is 0 Å². The standard InChI is InChI=1S/C63H122NO8P/c1-3-5-7-9-11-13-15-17-19-20-21-22-23-24-25-26-27-28-29-30-31-32-33-34-35-36-37-38-39-40-42-44-46-48-50-52-54-56-63(66)72-61(60-71-73(67,68)70-58-57-64)59-69-62(65)55-53-51-49-47-45-43-41-18-16-14-12-10-8-6-4-2/h18,20-21,41,61H,3-17,19,22-40,42-60,64H2,1-2H3,(H,67,68)/b21-20-,41-18-. The van der Waals surface area contributed by atoms with Crippen LogP contribution >= 0.6 is 7.82 Å². The zero-order chi connectivity index (χ0) is 53.1. The highest BCUT2D eigenvalue weighted by Crippen LogP contribution is 2.43. The van der Waals surface area contributed by atoms with Crippen molar-refractivity contribution in [3.63, 3.8) is 0 Å². The number of hydrogen-bond donors (Lipinski definition) is 2. The molecule has 0 amide bonds. The fourth-order valence-corrected chi connectivity index (χ4v) is 10.3. The Morgan fingerprint density at radius 1 is 0.397 bits per heavy atom. The van der Waals surface area contributed by atoms with Gasteiger partial charge in [-0.05, 0) is 64.2 Å². The van der Waals surface area contributed by atoms with Crippen LogP contribution in [-0.4, -0.2) is 49.3 Å². The van der Waals surface area contributed by atoms with Crippen LogP contribution in [0.5, 0.6) is 0 Å². The van der Waals surface area contributed by atoms with Crippen molar-refractivity contribution in [2.45, 2.75) is 341 Å². The van der Waals surface area contributed by atoms with Crippen molar-refractivity contribution in [2.75, 3.05) is 26.4 Å². The minimum Gasteiger partial charge on any atom is -0.462 e. The first kappa shape index (κ1) is 71.5. The molecule has 0 aliphatic heterocycles. The minimum absolute atomic E-state index is 0.0549. The Hall–Kier alpha value is -1.51. The summed E-state index contributed by atoms with van der Waals surface area (Å²) >= 11 is 0. The lowest BCUT2D eigenvalue weighted by Crippen LogP contribution is -2.29. The number of phosphoric ester groups is 1. The predicted octanol–water partition coefficient (Wildman–Crippen LogP) is 20.2. The van der Waals surface area contributed by atoms with Gasteiger partial charge in [-0.1, -0.05) is 282 Å². The number of carbonyl (C=O) groups is 2. The molecule has 9 nitrogen and oxygen atoms in total. The quantitative estimate of drug-likeness (QED) is 0.0264. The maximum Gasteiger partial charge on any atom is 0.472 e. The first-order valence-electron chi connectivity index (χ1n) is 31.8. The molecule has 3 N–H and O–H groups in total. The molecule has 0 fully saturated rings. The minimum atomic E-state index is -4.38. The highest BCUT2D eigenvalue weighted by molar-refractivity contribution is 7.47. The fourth-order valence-electron chi connectivity index (χ4n) is 9.57. The molecular formula is C63H122NO8P. The van der Waals surface area contributed by atoms with Crippen LogP contribution in [0.1, 0.15) is 335 Å². The Kier molecular flexibility index (Phi) is 58.5. The average Bonchev–Trinajstić information content (AvgIpc) is 3.38. The Balaban J connectivity index is 3.76. The highest BCUT2D eigenvalue weighted by atomic mass is 31.2. The lowest BCUT2D eigenvalue weighted by molar-refractivity contribution is -0.161. The molecule has 10 heteroatoms. The van der Waals surface area contributed by atoms with Gasteiger partial charge in [-0.25, -0.2) is 4.57 Å². The van der Waals surface area contributed by atoms with E-state index in [2.05, 4.69) is 38.2 Å². The molecule has 0 aliphatic rings. The van der Waals surface area contributed by atoms with Crippen molar-refractivity contribution < 1.29 is 37.6 Å². The average molecular weight is 1050 g/mol. The molecule has 0 bridgehead atoms. The highest BCUT2D eigenvalue weighted by Gasteiger charge is 2.26. The summed E-state index contributed by atoms with van der Waals surface area (Å²) in [5.74, 6) is -0.821. The molecule has 0 radical (unpaired) electrons. The number of phosphoric acid groups is 1. The van der Waals surface area contributed by atoms with Crippen molar-refractivity contribution in [1.29, 1.82) is 0 Å². The van der Waals surface area contributed by atoms with E-state index in [0.717, 1.165) is 51.4 Å². The number of nitrogens with two attached hydrogens (primary N) is 1. The molecule has 0 aliphatic carbocycles. The van der Waals surface area contributed by atoms with Crippen molar-refractivity contribution in [3.8, 4) is 0 Å². The number of rotatable bonds is 61. The molecule has 0 saturated carbocycles.